The molecule has 3 rings (SSSR count). The third kappa shape index (κ3) is 6.41. The van der Waals surface area contributed by atoms with Crippen LogP contribution in [-0.2, 0) is 22.6 Å². The van der Waals surface area contributed by atoms with Crippen LogP contribution in [0.15, 0.2) is 48.5 Å². The number of hydrogen-bond acceptors (Lipinski definition) is 4. The summed E-state index contributed by atoms with van der Waals surface area (Å²) >= 11 is 0. The standard InChI is InChI=1S/C20H24N4O2.2ClH/c21-16-8-6-14(7-9-16)12-19(25)23-17-4-1-3-15(11-17)13-24-10-2-5-18(24)20(22)26;;/h1,3-4,6-9,11,18H,2,5,10,12-13,21H2,(H2,22,26)(H,23,25);2*1H. The van der Waals surface area contributed by atoms with Crippen LogP contribution in [-0.4, -0.2) is 29.3 Å². The molecule has 1 aliphatic heterocycles. The van der Waals surface area contributed by atoms with Crippen molar-refractivity contribution in [2.75, 3.05) is 17.6 Å². The first-order chi connectivity index (χ1) is 12.5. The van der Waals surface area contributed by atoms with Crippen molar-refractivity contribution >= 4 is 48.0 Å². The molecule has 0 bridgehead atoms. The van der Waals surface area contributed by atoms with E-state index in [0.29, 0.717) is 18.7 Å². The molecule has 28 heavy (non-hydrogen) atoms. The summed E-state index contributed by atoms with van der Waals surface area (Å²) in [6, 6.07) is 14.8. The molecule has 0 aromatic heterocycles. The molecule has 152 valence electrons. The van der Waals surface area contributed by atoms with Gasteiger partial charge in [-0.2, -0.15) is 0 Å². The quantitative estimate of drug-likeness (QED) is 0.620. The molecule has 1 saturated heterocycles. The number of nitrogens with one attached hydrogen (secondary N) is 1. The van der Waals surface area contributed by atoms with Gasteiger partial charge in [-0.1, -0.05) is 24.3 Å². The van der Waals surface area contributed by atoms with E-state index in [9.17, 15) is 9.59 Å². The maximum atomic E-state index is 12.3. The maximum absolute atomic E-state index is 12.3. The van der Waals surface area contributed by atoms with E-state index in [1.807, 2.05) is 36.4 Å². The molecule has 1 heterocycles. The summed E-state index contributed by atoms with van der Waals surface area (Å²) in [6.45, 7) is 1.51. The lowest BCUT2D eigenvalue weighted by atomic mass is 10.1. The Labute approximate surface area is 177 Å². The Bertz CT molecular complexity index is 799. The third-order valence-corrected chi connectivity index (χ3v) is 4.63. The van der Waals surface area contributed by atoms with Crippen molar-refractivity contribution in [2.45, 2.75) is 31.8 Å². The van der Waals surface area contributed by atoms with E-state index in [1.165, 1.54) is 0 Å². The van der Waals surface area contributed by atoms with Crippen molar-refractivity contribution < 1.29 is 9.59 Å². The molecule has 1 atom stereocenters. The van der Waals surface area contributed by atoms with Gasteiger partial charge in [-0.15, -0.1) is 24.8 Å². The zero-order chi connectivity index (χ0) is 18.5. The Hall–Kier alpha value is -2.28. The second kappa shape index (κ2) is 10.9. The van der Waals surface area contributed by atoms with E-state index in [1.54, 1.807) is 12.1 Å². The summed E-state index contributed by atoms with van der Waals surface area (Å²) in [4.78, 5) is 25.9. The molecule has 0 radical (unpaired) electrons. The number of benzene rings is 2. The number of rotatable bonds is 6. The summed E-state index contributed by atoms with van der Waals surface area (Å²) in [5.41, 5.74) is 14.5. The number of carbonyl (C=O) groups is 2. The van der Waals surface area contributed by atoms with Crippen LogP contribution in [0.3, 0.4) is 0 Å². The van der Waals surface area contributed by atoms with Crippen LogP contribution in [0.2, 0.25) is 0 Å². The molecule has 1 fully saturated rings. The molecule has 1 aliphatic rings. The van der Waals surface area contributed by atoms with Crippen molar-refractivity contribution in [1.82, 2.24) is 4.90 Å². The smallest absolute Gasteiger partial charge is 0.234 e. The minimum atomic E-state index is -0.268. The van der Waals surface area contributed by atoms with Crippen LogP contribution in [0.4, 0.5) is 11.4 Å². The highest BCUT2D eigenvalue weighted by molar-refractivity contribution is 5.92. The van der Waals surface area contributed by atoms with Gasteiger partial charge in [0.1, 0.15) is 0 Å². The maximum Gasteiger partial charge on any atom is 0.234 e. The highest BCUT2D eigenvalue weighted by Crippen LogP contribution is 2.21. The van der Waals surface area contributed by atoms with E-state index >= 15 is 0 Å². The Morgan fingerprint density at radius 1 is 1.07 bits per heavy atom. The number of amides is 2. The fraction of sp³-hybridized carbons (Fsp3) is 0.300. The second-order valence-electron chi connectivity index (χ2n) is 6.70. The number of carbonyl (C=O) groups excluding carboxylic acids is 2. The van der Waals surface area contributed by atoms with E-state index in [2.05, 4.69) is 10.2 Å². The third-order valence-electron chi connectivity index (χ3n) is 4.63. The van der Waals surface area contributed by atoms with Crippen LogP contribution >= 0.6 is 24.8 Å². The van der Waals surface area contributed by atoms with Gasteiger partial charge < -0.3 is 16.8 Å². The van der Waals surface area contributed by atoms with Crippen LogP contribution in [0.25, 0.3) is 0 Å². The number of nitrogen functional groups attached to an aromatic ring is 1. The largest absolute Gasteiger partial charge is 0.399 e. The van der Waals surface area contributed by atoms with E-state index in [0.717, 1.165) is 36.2 Å². The summed E-state index contributed by atoms with van der Waals surface area (Å²) in [5, 5.41) is 2.92. The second-order valence-corrected chi connectivity index (χ2v) is 6.70. The molecular weight excluding hydrogens is 399 g/mol. The van der Waals surface area contributed by atoms with Crippen molar-refractivity contribution in [2.24, 2.45) is 5.73 Å². The number of likely N-dealkylation sites (tertiary alicyclic amines) is 1. The van der Waals surface area contributed by atoms with Gasteiger partial charge >= 0.3 is 0 Å². The molecule has 2 aromatic rings. The van der Waals surface area contributed by atoms with Gasteiger partial charge in [-0.25, -0.2) is 0 Å². The van der Waals surface area contributed by atoms with Crippen molar-refractivity contribution in [3.63, 3.8) is 0 Å². The number of nitrogens with two attached hydrogens (primary N) is 2. The number of primary amides is 1. The fourth-order valence-corrected chi connectivity index (χ4v) is 3.35. The molecular formula is C20H26Cl2N4O2. The Kier molecular flexibility index (Phi) is 9.25. The van der Waals surface area contributed by atoms with Crippen LogP contribution in [0.5, 0.6) is 0 Å². The van der Waals surface area contributed by atoms with E-state index in [4.69, 9.17) is 11.5 Å². The molecule has 0 aliphatic carbocycles. The summed E-state index contributed by atoms with van der Waals surface area (Å²) < 4.78 is 0. The molecule has 0 spiro atoms. The monoisotopic (exact) mass is 424 g/mol. The average Bonchev–Trinajstić information content (AvgIpc) is 3.05. The summed E-state index contributed by atoms with van der Waals surface area (Å²) in [5.74, 6) is -0.349. The normalized spacial score (nSPS) is 15.9. The predicted molar refractivity (Wildman–Crippen MR) is 117 cm³/mol. The first-order valence-corrected chi connectivity index (χ1v) is 8.78. The van der Waals surface area contributed by atoms with Crippen LogP contribution < -0.4 is 16.8 Å². The van der Waals surface area contributed by atoms with Crippen molar-refractivity contribution in [3.8, 4) is 0 Å². The highest BCUT2D eigenvalue weighted by Gasteiger charge is 2.28. The van der Waals surface area contributed by atoms with Gasteiger partial charge in [0, 0.05) is 17.9 Å². The molecule has 1 unspecified atom stereocenters. The minimum absolute atomic E-state index is 0. The zero-order valence-corrected chi connectivity index (χ0v) is 17.1. The predicted octanol–water partition coefficient (Wildman–Crippen LogP) is 2.74. The fourth-order valence-electron chi connectivity index (χ4n) is 3.35. The average molecular weight is 425 g/mol. The first-order valence-electron chi connectivity index (χ1n) is 8.78. The number of anilines is 2. The first kappa shape index (κ1) is 23.8. The molecule has 8 heteroatoms. The van der Waals surface area contributed by atoms with Crippen molar-refractivity contribution in [1.29, 1.82) is 0 Å². The lowest BCUT2D eigenvalue weighted by Crippen LogP contribution is -2.39. The lowest BCUT2D eigenvalue weighted by molar-refractivity contribution is -0.122. The lowest BCUT2D eigenvalue weighted by Gasteiger charge is -2.22. The number of hydrogen-bond donors (Lipinski definition) is 3. The highest BCUT2D eigenvalue weighted by atomic mass is 35.5. The minimum Gasteiger partial charge on any atom is -0.399 e. The Morgan fingerprint density at radius 3 is 2.46 bits per heavy atom. The summed E-state index contributed by atoms with van der Waals surface area (Å²) in [6.07, 6.45) is 2.08. The number of halogens is 2. The molecule has 2 amide bonds. The molecule has 0 saturated carbocycles. The van der Waals surface area contributed by atoms with Gasteiger partial charge in [0.05, 0.1) is 12.5 Å². The van der Waals surface area contributed by atoms with Crippen LogP contribution in [0, 0.1) is 0 Å². The van der Waals surface area contributed by atoms with Gasteiger partial charge in [-0.3, -0.25) is 14.5 Å². The van der Waals surface area contributed by atoms with Crippen LogP contribution in [0.1, 0.15) is 24.0 Å². The molecule has 5 N–H and O–H groups in total. The Balaban J connectivity index is 0.00000196. The number of nitrogens with zero attached hydrogens (tertiary/aromatic N) is 1. The molecule has 2 aromatic carbocycles. The molecule has 6 nitrogen and oxygen atoms in total. The van der Waals surface area contributed by atoms with Gasteiger partial charge in [0.15, 0.2) is 0 Å². The van der Waals surface area contributed by atoms with E-state index < -0.39 is 0 Å². The Morgan fingerprint density at radius 2 is 1.79 bits per heavy atom. The summed E-state index contributed by atoms with van der Waals surface area (Å²) in [7, 11) is 0. The van der Waals surface area contributed by atoms with E-state index in [-0.39, 0.29) is 42.7 Å². The SMILES string of the molecule is Cl.Cl.NC(=O)C1CCCN1Cc1cccc(NC(=O)Cc2ccc(N)cc2)c1. The van der Waals surface area contributed by atoms with Gasteiger partial charge in [0.2, 0.25) is 11.8 Å². The van der Waals surface area contributed by atoms with Crippen molar-refractivity contribution in [3.05, 3.63) is 59.7 Å². The zero-order valence-electron chi connectivity index (χ0n) is 15.5. The van der Waals surface area contributed by atoms with Gasteiger partial charge in [-0.05, 0) is 54.8 Å². The topological polar surface area (TPSA) is 101 Å². The van der Waals surface area contributed by atoms with Gasteiger partial charge in [0.25, 0.3) is 0 Å².